The molecule has 2 aliphatic carbocycles. The average molecular weight is 232 g/mol. The van der Waals surface area contributed by atoms with Crippen molar-refractivity contribution < 1.29 is 9.84 Å². The molecular weight excluding hydrogens is 212 g/mol. The van der Waals surface area contributed by atoms with Gasteiger partial charge in [-0.2, -0.15) is 0 Å². The Morgan fingerprint density at radius 2 is 2.24 bits per heavy atom. The van der Waals surface area contributed by atoms with Crippen LogP contribution in [-0.4, -0.2) is 18.3 Å². The third-order valence-corrected chi connectivity index (χ3v) is 4.71. The number of ether oxygens (including phenoxy) is 1. The lowest BCUT2D eigenvalue weighted by Crippen LogP contribution is -2.25. The molecule has 0 aromatic heterocycles. The number of rotatable bonds is 2. The van der Waals surface area contributed by atoms with Crippen LogP contribution >= 0.6 is 0 Å². The fourth-order valence-electron chi connectivity index (χ4n) is 3.82. The number of benzene rings is 1. The van der Waals surface area contributed by atoms with E-state index in [-0.39, 0.29) is 11.5 Å². The molecule has 3 rings (SSSR count). The number of aliphatic hydroxyl groups excluding tert-OH is 1. The van der Waals surface area contributed by atoms with Crippen molar-refractivity contribution in [2.45, 2.75) is 43.6 Å². The van der Waals surface area contributed by atoms with E-state index in [1.54, 1.807) is 7.11 Å². The first kappa shape index (κ1) is 11.1. The molecule has 0 aliphatic heterocycles. The van der Waals surface area contributed by atoms with Gasteiger partial charge in [-0.3, -0.25) is 0 Å². The second-order valence-electron chi connectivity index (χ2n) is 5.64. The first-order valence-electron chi connectivity index (χ1n) is 6.56. The van der Waals surface area contributed by atoms with E-state index >= 15 is 0 Å². The van der Waals surface area contributed by atoms with Crippen molar-refractivity contribution in [1.29, 1.82) is 0 Å². The molecule has 2 bridgehead atoms. The number of hydrogen-bond acceptors (Lipinski definition) is 2. The summed E-state index contributed by atoms with van der Waals surface area (Å²) in [6.45, 7) is 0. The van der Waals surface area contributed by atoms with Crippen LogP contribution in [0.1, 0.15) is 37.7 Å². The quantitative estimate of drug-likeness (QED) is 0.849. The molecular formula is C15H20O2. The SMILES string of the molecule is COc1cccc([C@@]23CCC[C@@H](C2)[C@@H](O)C3)c1. The molecule has 0 unspecified atom stereocenters. The summed E-state index contributed by atoms with van der Waals surface area (Å²) in [6.07, 6.45) is 5.66. The minimum atomic E-state index is -0.0938. The average Bonchev–Trinajstić information content (AvgIpc) is 2.61. The van der Waals surface area contributed by atoms with E-state index in [4.69, 9.17) is 4.74 Å². The summed E-state index contributed by atoms with van der Waals surface area (Å²) in [5.41, 5.74) is 1.58. The summed E-state index contributed by atoms with van der Waals surface area (Å²) in [4.78, 5) is 0. The summed E-state index contributed by atoms with van der Waals surface area (Å²) >= 11 is 0. The zero-order chi connectivity index (χ0) is 11.9. The molecule has 2 saturated carbocycles. The predicted octanol–water partition coefficient (Wildman–Crippen LogP) is 2.89. The number of aliphatic hydroxyl groups is 1. The van der Waals surface area contributed by atoms with Gasteiger partial charge in [-0.05, 0) is 54.7 Å². The standard InChI is InChI=1S/C15H20O2/c1-17-13-6-2-5-12(8-13)15-7-3-4-11(9-15)14(16)10-15/h2,5-6,8,11,14,16H,3-4,7,9-10H2,1H3/t11-,14-,15-/m0/s1. The highest BCUT2D eigenvalue weighted by atomic mass is 16.5. The Labute approximate surface area is 103 Å². The Hall–Kier alpha value is -1.02. The normalized spacial score (nSPS) is 35.9. The molecule has 0 saturated heterocycles. The zero-order valence-corrected chi connectivity index (χ0v) is 10.4. The Morgan fingerprint density at radius 3 is 3.06 bits per heavy atom. The molecule has 0 spiro atoms. The minimum Gasteiger partial charge on any atom is -0.497 e. The molecule has 17 heavy (non-hydrogen) atoms. The third kappa shape index (κ3) is 1.75. The lowest BCUT2D eigenvalue weighted by Gasteiger charge is -2.33. The monoisotopic (exact) mass is 232 g/mol. The van der Waals surface area contributed by atoms with Gasteiger partial charge in [0.15, 0.2) is 0 Å². The molecule has 2 heteroatoms. The maximum atomic E-state index is 10.1. The van der Waals surface area contributed by atoms with Crippen LogP contribution in [-0.2, 0) is 5.41 Å². The fraction of sp³-hybridized carbons (Fsp3) is 0.600. The van der Waals surface area contributed by atoms with Crippen LogP contribution in [0.3, 0.4) is 0 Å². The van der Waals surface area contributed by atoms with Crippen LogP contribution in [0.4, 0.5) is 0 Å². The van der Waals surface area contributed by atoms with Crippen LogP contribution in [0.5, 0.6) is 5.75 Å². The predicted molar refractivity (Wildman–Crippen MR) is 67.3 cm³/mol. The van der Waals surface area contributed by atoms with Gasteiger partial charge in [0.25, 0.3) is 0 Å². The Morgan fingerprint density at radius 1 is 1.35 bits per heavy atom. The molecule has 0 radical (unpaired) electrons. The third-order valence-electron chi connectivity index (χ3n) is 4.71. The molecule has 1 N–H and O–H groups in total. The van der Waals surface area contributed by atoms with Crippen LogP contribution in [0.15, 0.2) is 24.3 Å². The Balaban J connectivity index is 1.96. The van der Waals surface area contributed by atoms with Crippen molar-refractivity contribution in [2.75, 3.05) is 7.11 Å². The second kappa shape index (κ2) is 4.02. The summed E-state index contributed by atoms with van der Waals surface area (Å²) in [7, 11) is 1.71. The van der Waals surface area contributed by atoms with E-state index in [9.17, 15) is 5.11 Å². The van der Waals surface area contributed by atoms with E-state index in [0.717, 1.165) is 18.6 Å². The molecule has 0 amide bonds. The number of fused-ring (bicyclic) bond motifs is 2. The molecule has 2 aliphatic rings. The van der Waals surface area contributed by atoms with Crippen molar-refractivity contribution in [3.63, 3.8) is 0 Å². The highest BCUT2D eigenvalue weighted by Crippen LogP contribution is 2.53. The molecule has 1 aromatic carbocycles. The van der Waals surface area contributed by atoms with Crippen molar-refractivity contribution in [3.05, 3.63) is 29.8 Å². The van der Waals surface area contributed by atoms with E-state index < -0.39 is 0 Å². The minimum absolute atomic E-state index is 0.0938. The number of hydrogen-bond donors (Lipinski definition) is 1. The van der Waals surface area contributed by atoms with Crippen LogP contribution < -0.4 is 4.74 Å². The maximum Gasteiger partial charge on any atom is 0.119 e. The Kier molecular flexibility index (Phi) is 2.62. The van der Waals surface area contributed by atoms with Gasteiger partial charge in [0.05, 0.1) is 13.2 Å². The number of methoxy groups -OCH3 is 1. The summed E-state index contributed by atoms with van der Waals surface area (Å²) < 4.78 is 5.31. The van der Waals surface area contributed by atoms with Gasteiger partial charge >= 0.3 is 0 Å². The van der Waals surface area contributed by atoms with Crippen molar-refractivity contribution in [1.82, 2.24) is 0 Å². The van der Waals surface area contributed by atoms with Gasteiger partial charge in [-0.1, -0.05) is 18.6 Å². The van der Waals surface area contributed by atoms with Gasteiger partial charge in [-0.15, -0.1) is 0 Å². The molecule has 3 atom stereocenters. The van der Waals surface area contributed by atoms with Gasteiger partial charge in [0.2, 0.25) is 0 Å². The smallest absolute Gasteiger partial charge is 0.119 e. The Bertz CT molecular complexity index is 411. The summed E-state index contributed by atoms with van der Waals surface area (Å²) in [6, 6.07) is 8.41. The highest BCUT2D eigenvalue weighted by molar-refractivity contribution is 5.35. The summed E-state index contributed by atoms with van der Waals surface area (Å²) in [5, 5.41) is 10.1. The van der Waals surface area contributed by atoms with Crippen molar-refractivity contribution in [3.8, 4) is 5.75 Å². The van der Waals surface area contributed by atoms with Gasteiger partial charge < -0.3 is 9.84 Å². The van der Waals surface area contributed by atoms with Crippen LogP contribution in [0.2, 0.25) is 0 Å². The lowest BCUT2D eigenvalue weighted by atomic mass is 9.71. The largest absolute Gasteiger partial charge is 0.497 e. The highest BCUT2D eigenvalue weighted by Gasteiger charge is 2.47. The van der Waals surface area contributed by atoms with Gasteiger partial charge in [0.1, 0.15) is 5.75 Å². The van der Waals surface area contributed by atoms with E-state index in [2.05, 4.69) is 18.2 Å². The van der Waals surface area contributed by atoms with E-state index in [1.165, 1.54) is 24.8 Å². The molecule has 2 fully saturated rings. The molecule has 0 heterocycles. The zero-order valence-electron chi connectivity index (χ0n) is 10.4. The van der Waals surface area contributed by atoms with Gasteiger partial charge in [0, 0.05) is 0 Å². The van der Waals surface area contributed by atoms with Crippen LogP contribution in [0, 0.1) is 5.92 Å². The van der Waals surface area contributed by atoms with E-state index in [0.29, 0.717) is 5.92 Å². The lowest BCUT2D eigenvalue weighted by molar-refractivity contribution is 0.129. The topological polar surface area (TPSA) is 29.5 Å². The van der Waals surface area contributed by atoms with Crippen molar-refractivity contribution >= 4 is 0 Å². The molecule has 1 aromatic rings. The first-order valence-corrected chi connectivity index (χ1v) is 6.56. The summed E-state index contributed by atoms with van der Waals surface area (Å²) in [5.74, 6) is 1.45. The van der Waals surface area contributed by atoms with E-state index in [1.807, 2.05) is 6.07 Å². The van der Waals surface area contributed by atoms with Crippen molar-refractivity contribution in [2.24, 2.45) is 5.92 Å². The van der Waals surface area contributed by atoms with Crippen LogP contribution in [0.25, 0.3) is 0 Å². The second-order valence-corrected chi connectivity index (χ2v) is 5.64. The fourth-order valence-corrected chi connectivity index (χ4v) is 3.82. The van der Waals surface area contributed by atoms with Gasteiger partial charge in [-0.25, -0.2) is 0 Å². The first-order chi connectivity index (χ1) is 8.23. The molecule has 92 valence electrons. The maximum absolute atomic E-state index is 10.1. The molecule has 2 nitrogen and oxygen atoms in total.